The predicted molar refractivity (Wildman–Crippen MR) is 25.8 cm³/mol. The van der Waals surface area contributed by atoms with Gasteiger partial charge in [-0.15, -0.1) is 0 Å². The molecule has 0 aromatic carbocycles. The molecule has 0 saturated carbocycles. The lowest BCUT2D eigenvalue weighted by atomic mass is 10.6. The van der Waals surface area contributed by atoms with Crippen LogP contribution in [-0.2, 0) is 6.18 Å². The maximum Gasteiger partial charge on any atom is 0.451 e. The number of rotatable bonds is 0. The SMILES string of the molecule is [CH2-]n1cnc(C(F)(F)F)n1. The van der Waals surface area contributed by atoms with E-state index in [9.17, 15) is 13.2 Å². The summed E-state index contributed by atoms with van der Waals surface area (Å²) in [6, 6.07) is 0. The average Bonchev–Trinajstić information content (AvgIpc) is 2.11. The quantitative estimate of drug-likeness (QED) is 0.515. The first-order valence-electron chi connectivity index (χ1n) is 2.30. The Balaban J connectivity index is 2.96. The van der Waals surface area contributed by atoms with Gasteiger partial charge in [-0.1, -0.05) is 0 Å². The first-order valence-corrected chi connectivity index (χ1v) is 2.30. The summed E-state index contributed by atoms with van der Waals surface area (Å²) in [5.74, 6) is -1.16. The number of alkyl halides is 3. The summed E-state index contributed by atoms with van der Waals surface area (Å²) in [6.45, 7) is 0. The molecule has 0 saturated heterocycles. The fraction of sp³-hybridized carbons (Fsp3) is 0.250. The first kappa shape index (κ1) is 6.91. The average molecular weight is 150 g/mol. The van der Waals surface area contributed by atoms with E-state index in [0.717, 1.165) is 11.0 Å². The standard InChI is InChI=1S/C4H3F3N3/c1-10-2-8-3(9-10)4(5,6)7/h2H,1H2/q-1. The van der Waals surface area contributed by atoms with Crippen molar-refractivity contribution in [2.75, 3.05) is 0 Å². The van der Waals surface area contributed by atoms with Crippen molar-refractivity contribution in [1.82, 2.24) is 14.8 Å². The van der Waals surface area contributed by atoms with E-state index in [2.05, 4.69) is 17.1 Å². The molecule has 0 amide bonds. The minimum absolute atomic E-state index is 0.753. The Morgan fingerprint density at radius 3 is 2.30 bits per heavy atom. The van der Waals surface area contributed by atoms with Crippen molar-refractivity contribution in [3.05, 3.63) is 19.2 Å². The summed E-state index contributed by atoms with van der Waals surface area (Å²) >= 11 is 0. The molecule has 0 aliphatic rings. The number of halogens is 3. The zero-order valence-electron chi connectivity index (χ0n) is 4.76. The maximum atomic E-state index is 11.6. The second-order valence-electron chi connectivity index (χ2n) is 1.61. The summed E-state index contributed by atoms with van der Waals surface area (Å²) in [4.78, 5) is 2.95. The van der Waals surface area contributed by atoms with Gasteiger partial charge >= 0.3 is 6.18 Å². The molecule has 0 aliphatic carbocycles. The van der Waals surface area contributed by atoms with Crippen LogP contribution in [0.3, 0.4) is 0 Å². The molecule has 1 rings (SSSR count). The first-order chi connectivity index (χ1) is 4.50. The van der Waals surface area contributed by atoms with Crippen LogP contribution in [0.25, 0.3) is 0 Å². The van der Waals surface area contributed by atoms with E-state index in [1.54, 1.807) is 0 Å². The lowest BCUT2D eigenvalue weighted by Crippen LogP contribution is -2.07. The van der Waals surface area contributed by atoms with Gasteiger partial charge in [-0.2, -0.15) is 25.3 Å². The van der Waals surface area contributed by atoms with Gasteiger partial charge in [0.05, 0.1) is 0 Å². The topological polar surface area (TPSA) is 30.7 Å². The van der Waals surface area contributed by atoms with E-state index in [0.29, 0.717) is 0 Å². The summed E-state index contributed by atoms with van der Waals surface area (Å²) in [5, 5.41) is 2.95. The molecule has 0 spiro atoms. The highest BCUT2D eigenvalue weighted by molar-refractivity contribution is 4.87. The predicted octanol–water partition coefficient (Wildman–Crippen LogP) is 0.937. The maximum absolute atomic E-state index is 11.6. The Kier molecular flexibility index (Phi) is 1.31. The summed E-state index contributed by atoms with van der Waals surface area (Å²) in [6.07, 6.45) is -3.58. The van der Waals surface area contributed by atoms with E-state index in [4.69, 9.17) is 0 Å². The van der Waals surface area contributed by atoms with Gasteiger partial charge < -0.3 is 9.67 Å². The van der Waals surface area contributed by atoms with Crippen LogP contribution in [0.5, 0.6) is 0 Å². The minimum atomic E-state index is -4.47. The van der Waals surface area contributed by atoms with Gasteiger partial charge in [-0.3, -0.25) is 0 Å². The molecule has 0 aliphatic heterocycles. The van der Waals surface area contributed by atoms with Gasteiger partial charge in [-0.25, -0.2) is 0 Å². The molecule has 0 radical (unpaired) electrons. The molecule has 1 aromatic rings. The van der Waals surface area contributed by atoms with Gasteiger partial charge in [0.2, 0.25) is 5.82 Å². The molecule has 1 heterocycles. The number of hydrogen-bond donors (Lipinski definition) is 0. The molecule has 10 heavy (non-hydrogen) atoms. The van der Waals surface area contributed by atoms with Crippen LogP contribution in [0.15, 0.2) is 6.33 Å². The van der Waals surface area contributed by atoms with Gasteiger partial charge in [0.1, 0.15) is 0 Å². The van der Waals surface area contributed by atoms with Crippen molar-refractivity contribution < 1.29 is 13.2 Å². The lowest BCUT2D eigenvalue weighted by Gasteiger charge is -1.99. The van der Waals surface area contributed by atoms with Crippen molar-refractivity contribution in [2.45, 2.75) is 6.18 Å². The number of aromatic nitrogens is 3. The van der Waals surface area contributed by atoms with Crippen LogP contribution in [0.1, 0.15) is 5.82 Å². The van der Waals surface area contributed by atoms with E-state index >= 15 is 0 Å². The van der Waals surface area contributed by atoms with Crippen molar-refractivity contribution >= 4 is 0 Å². The van der Waals surface area contributed by atoms with Crippen LogP contribution in [0.2, 0.25) is 0 Å². The Morgan fingerprint density at radius 2 is 2.10 bits per heavy atom. The molecular formula is C4H3F3N3-. The van der Waals surface area contributed by atoms with Crippen molar-refractivity contribution in [2.24, 2.45) is 0 Å². The van der Waals surface area contributed by atoms with Gasteiger partial charge in [-0.05, 0) is 6.33 Å². The van der Waals surface area contributed by atoms with Crippen LogP contribution >= 0.6 is 0 Å². The van der Waals surface area contributed by atoms with Crippen LogP contribution in [-0.4, -0.2) is 14.8 Å². The van der Waals surface area contributed by atoms with Crippen molar-refractivity contribution in [3.63, 3.8) is 0 Å². The van der Waals surface area contributed by atoms with Gasteiger partial charge in [0.15, 0.2) is 0 Å². The van der Waals surface area contributed by atoms with E-state index < -0.39 is 12.0 Å². The summed E-state index contributed by atoms with van der Waals surface area (Å²) in [7, 11) is 3.10. The molecule has 3 nitrogen and oxygen atoms in total. The van der Waals surface area contributed by atoms with E-state index in [1.165, 1.54) is 0 Å². The molecular weight excluding hydrogens is 147 g/mol. The number of nitrogens with zero attached hydrogens (tertiary/aromatic N) is 3. The summed E-state index contributed by atoms with van der Waals surface area (Å²) < 4.78 is 35.7. The second kappa shape index (κ2) is 1.89. The Bertz CT molecular complexity index is 226. The molecule has 0 bridgehead atoms. The molecule has 0 unspecified atom stereocenters. The van der Waals surface area contributed by atoms with Gasteiger partial charge in [0, 0.05) is 0 Å². The van der Waals surface area contributed by atoms with E-state index in [-0.39, 0.29) is 0 Å². The molecule has 0 atom stereocenters. The molecule has 0 N–H and O–H groups in total. The minimum Gasteiger partial charge on any atom is -0.390 e. The Morgan fingerprint density at radius 1 is 1.50 bits per heavy atom. The van der Waals surface area contributed by atoms with E-state index in [1.807, 2.05) is 0 Å². The molecule has 56 valence electrons. The third kappa shape index (κ3) is 1.20. The van der Waals surface area contributed by atoms with Crippen molar-refractivity contribution in [1.29, 1.82) is 0 Å². The smallest absolute Gasteiger partial charge is 0.390 e. The Hall–Kier alpha value is -1.20. The monoisotopic (exact) mass is 150 g/mol. The van der Waals surface area contributed by atoms with Crippen LogP contribution < -0.4 is 0 Å². The van der Waals surface area contributed by atoms with Crippen LogP contribution in [0, 0.1) is 7.05 Å². The van der Waals surface area contributed by atoms with Crippen molar-refractivity contribution in [3.8, 4) is 0 Å². The Labute approximate surface area is 54.5 Å². The highest BCUT2D eigenvalue weighted by atomic mass is 19.4. The molecule has 1 aromatic heterocycles. The van der Waals surface area contributed by atoms with Crippen LogP contribution in [0.4, 0.5) is 13.2 Å². The third-order valence-corrected chi connectivity index (χ3v) is 0.790. The molecule has 6 heteroatoms. The normalized spacial score (nSPS) is 11.9. The zero-order valence-corrected chi connectivity index (χ0v) is 4.76. The fourth-order valence-corrected chi connectivity index (χ4v) is 0.425. The number of hydrogen-bond acceptors (Lipinski definition) is 2. The highest BCUT2D eigenvalue weighted by Crippen LogP contribution is 2.24. The fourth-order valence-electron chi connectivity index (χ4n) is 0.425. The zero-order chi connectivity index (χ0) is 7.78. The highest BCUT2D eigenvalue weighted by Gasteiger charge is 2.34. The molecule has 0 fully saturated rings. The largest absolute Gasteiger partial charge is 0.451 e. The second-order valence-corrected chi connectivity index (χ2v) is 1.61. The lowest BCUT2D eigenvalue weighted by molar-refractivity contribution is -0.144. The third-order valence-electron chi connectivity index (χ3n) is 0.790. The van der Waals surface area contributed by atoms with Gasteiger partial charge in [0.25, 0.3) is 0 Å². The summed E-state index contributed by atoms with van der Waals surface area (Å²) in [5.41, 5.74) is 0.